The number of hydrogen-bond donors (Lipinski definition) is 0. The Morgan fingerprint density at radius 2 is 1.80 bits per heavy atom. The van der Waals surface area contributed by atoms with Crippen molar-refractivity contribution in [3.8, 4) is 11.5 Å². The van der Waals surface area contributed by atoms with Gasteiger partial charge in [-0.1, -0.05) is 0 Å². The van der Waals surface area contributed by atoms with Gasteiger partial charge in [-0.3, -0.25) is 0 Å². The molecule has 0 N–H and O–H groups in total. The highest BCUT2D eigenvalue weighted by atomic mass is 32.2. The van der Waals surface area contributed by atoms with Crippen LogP contribution in [0.15, 0.2) is 47.4 Å². The monoisotopic (exact) mass is 439 g/mol. The number of nitrogens with zero attached hydrogens (tertiary/aromatic N) is 1. The van der Waals surface area contributed by atoms with Gasteiger partial charge in [0.05, 0.1) is 25.9 Å². The molecule has 1 heterocycles. The second kappa shape index (κ2) is 9.88. The molecule has 1 fully saturated rings. The molecule has 10 heteroatoms. The number of halogens is 1. The molecule has 0 spiro atoms. The van der Waals surface area contributed by atoms with Gasteiger partial charge in [-0.15, -0.1) is 0 Å². The van der Waals surface area contributed by atoms with Gasteiger partial charge in [0.25, 0.3) is 0 Å². The molecule has 1 aliphatic rings. The summed E-state index contributed by atoms with van der Waals surface area (Å²) in [6, 6.07) is 9.53. The molecule has 0 atom stereocenters. The maximum atomic E-state index is 13.0. The summed E-state index contributed by atoms with van der Waals surface area (Å²) in [7, 11) is -2.50. The minimum absolute atomic E-state index is 0.0617. The van der Waals surface area contributed by atoms with Gasteiger partial charge in [-0.2, -0.15) is 4.31 Å². The minimum Gasteiger partial charge on any atom is -0.495 e. The van der Waals surface area contributed by atoms with Gasteiger partial charge in [-0.05, 0) is 42.5 Å². The molecule has 0 saturated carbocycles. The second-order valence-electron chi connectivity index (χ2n) is 6.32. The second-order valence-corrected chi connectivity index (χ2v) is 8.23. The molecule has 3 rings (SSSR count). The van der Waals surface area contributed by atoms with Crippen molar-refractivity contribution in [1.29, 1.82) is 0 Å². The van der Waals surface area contributed by atoms with E-state index in [0.29, 0.717) is 19.0 Å². The van der Waals surface area contributed by atoms with Crippen LogP contribution in [0.1, 0.15) is 10.4 Å². The number of rotatable bonds is 8. The molecule has 0 bridgehead atoms. The van der Waals surface area contributed by atoms with Crippen LogP contribution >= 0.6 is 0 Å². The topological polar surface area (TPSA) is 91.4 Å². The Bertz CT molecular complexity index is 973. The first-order valence-corrected chi connectivity index (χ1v) is 10.7. The van der Waals surface area contributed by atoms with Crippen molar-refractivity contribution in [2.45, 2.75) is 4.90 Å². The SMILES string of the molecule is COc1ccc(C(=O)OCCOc2ccc(F)cc2)cc1S(=O)(=O)N1CCOCC1. The summed E-state index contributed by atoms with van der Waals surface area (Å²) in [6.45, 7) is 1.05. The largest absolute Gasteiger partial charge is 0.495 e. The van der Waals surface area contributed by atoms with Crippen LogP contribution in [0.4, 0.5) is 4.39 Å². The highest BCUT2D eigenvalue weighted by Crippen LogP contribution is 2.28. The summed E-state index contributed by atoms with van der Waals surface area (Å²) in [5, 5.41) is 0. The summed E-state index contributed by atoms with van der Waals surface area (Å²) in [5.74, 6) is -0.497. The van der Waals surface area contributed by atoms with Crippen molar-refractivity contribution in [1.82, 2.24) is 4.31 Å². The minimum atomic E-state index is -3.86. The van der Waals surface area contributed by atoms with Crippen LogP contribution in [0, 0.1) is 5.82 Å². The Hall–Kier alpha value is -2.69. The van der Waals surface area contributed by atoms with E-state index >= 15 is 0 Å². The van der Waals surface area contributed by atoms with E-state index in [-0.39, 0.29) is 48.3 Å². The molecular formula is C20H22FNO7S. The fourth-order valence-electron chi connectivity index (χ4n) is 2.84. The van der Waals surface area contributed by atoms with E-state index in [1.807, 2.05) is 0 Å². The molecule has 0 aromatic heterocycles. The fraction of sp³-hybridized carbons (Fsp3) is 0.350. The first kappa shape index (κ1) is 22.0. The quantitative estimate of drug-likeness (QED) is 0.459. The molecule has 0 amide bonds. The molecule has 1 saturated heterocycles. The number of morpholine rings is 1. The summed E-state index contributed by atoms with van der Waals surface area (Å²) in [5.41, 5.74) is 0.0735. The van der Waals surface area contributed by atoms with Crippen molar-refractivity contribution in [3.05, 3.63) is 53.8 Å². The van der Waals surface area contributed by atoms with Crippen LogP contribution in [-0.4, -0.2) is 65.3 Å². The molecule has 162 valence electrons. The highest BCUT2D eigenvalue weighted by Gasteiger charge is 2.30. The predicted molar refractivity (Wildman–Crippen MR) is 105 cm³/mol. The normalized spacial score (nSPS) is 14.9. The lowest BCUT2D eigenvalue weighted by Gasteiger charge is -2.26. The van der Waals surface area contributed by atoms with Crippen LogP contribution in [0.3, 0.4) is 0 Å². The third-order valence-electron chi connectivity index (χ3n) is 4.39. The van der Waals surface area contributed by atoms with Crippen LogP contribution in [0.2, 0.25) is 0 Å². The molecule has 1 aliphatic heterocycles. The summed E-state index contributed by atoms with van der Waals surface area (Å²) < 4.78 is 61.0. The molecule has 8 nitrogen and oxygen atoms in total. The van der Waals surface area contributed by atoms with Gasteiger partial charge in [-0.25, -0.2) is 17.6 Å². The summed E-state index contributed by atoms with van der Waals surface area (Å²) >= 11 is 0. The number of carbonyl (C=O) groups excluding carboxylic acids is 1. The van der Waals surface area contributed by atoms with Gasteiger partial charge < -0.3 is 18.9 Å². The number of esters is 1. The van der Waals surface area contributed by atoms with E-state index in [1.165, 1.54) is 53.9 Å². The van der Waals surface area contributed by atoms with Gasteiger partial charge >= 0.3 is 5.97 Å². The fourth-order valence-corrected chi connectivity index (χ4v) is 4.43. The number of ether oxygens (including phenoxy) is 4. The van der Waals surface area contributed by atoms with E-state index in [4.69, 9.17) is 18.9 Å². The summed E-state index contributed by atoms with van der Waals surface area (Å²) in [4.78, 5) is 12.3. The molecule has 0 aliphatic carbocycles. The van der Waals surface area contributed by atoms with E-state index in [1.54, 1.807) is 0 Å². The number of methoxy groups -OCH3 is 1. The van der Waals surface area contributed by atoms with Gasteiger partial charge in [0.2, 0.25) is 10.0 Å². The molecule has 0 unspecified atom stereocenters. The number of sulfonamides is 1. The molecule has 0 radical (unpaired) electrons. The maximum absolute atomic E-state index is 13.0. The van der Waals surface area contributed by atoms with Crippen molar-refractivity contribution < 1.29 is 36.6 Å². The van der Waals surface area contributed by atoms with Crippen molar-refractivity contribution in [2.24, 2.45) is 0 Å². The summed E-state index contributed by atoms with van der Waals surface area (Å²) in [6.07, 6.45) is 0. The van der Waals surface area contributed by atoms with Gasteiger partial charge in [0, 0.05) is 13.1 Å². The Kier molecular flexibility index (Phi) is 7.24. The first-order valence-electron chi connectivity index (χ1n) is 9.23. The smallest absolute Gasteiger partial charge is 0.338 e. The molecule has 30 heavy (non-hydrogen) atoms. The zero-order chi connectivity index (χ0) is 21.6. The zero-order valence-electron chi connectivity index (χ0n) is 16.4. The van der Waals surface area contributed by atoms with Crippen molar-refractivity contribution >= 4 is 16.0 Å². The highest BCUT2D eigenvalue weighted by molar-refractivity contribution is 7.89. The van der Waals surface area contributed by atoms with Crippen molar-refractivity contribution in [3.63, 3.8) is 0 Å². The maximum Gasteiger partial charge on any atom is 0.338 e. The van der Waals surface area contributed by atoms with Crippen LogP contribution in [-0.2, 0) is 19.5 Å². The lowest BCUT2D eigenvalue weighted by Crippen LogP contribution is -2.40. The van der Waals surface area contributed by atoms with E-state index < -0.39 is 16.0 Å². The molecule has 2 aromatic carbocycles. The standard InChI is InChI=1S/C20H22FNO7S/c1-26-18-7-2-15(14-19(18)30(24,25)22-8-10-27-11-9-22)20(23)29-13-12-28-17-5-3-16(21)4-6-17/h2-7,14H,8-13H2,1H3. The number of benzene rings is 2. The third-order valence-corrected chi connectivity index (χ3v) is 6.31. The lowest BCUT2D eigenvalue weighted by atomic mass is 10.2. The third kappa shape index (κ3) is 5.26. The van der Waals surface area contributed by atoms with Gasteiger partial charge in [0.1, 0.15) is 35.4 Å². The Labute approximate surface area is 174 Å². The lowest BCUT2D eigenvalue weighted by molar-refractivity contribution is 0.0450. The van der Waals surface area contributed by atoms with Crippen LogP contribution < -0.4 is 9.47 Å². The van der Waals surface area contributed by atoms with E-state index in [0.717, 1.165) is 0 Å². The van der Waals surface area contributed by atoms with Gasteiger partial charge in [0.15, 0.2) is 0 Å². The molecule has 2 aromatic rings. The Morgan fingerprint density at radius 3 is 2.47 bits per heavy atom. The van der Waals surface area contributed by atoms with E-state index in [9.17, 15) is 17.6 Å². The van der Waals surface area contributed by atoms with Crippen LogP contribution in [0.5, 0.6) is 11.5 Å². The van der Waals surface area contributed by atoms with E-state index in [2.05, 4.69) is 0 Å². The molecular weight excluding hydrogens is 417 g/mol. The van der Waals surface area contributed by atoms with Crippen LogP contribution in [0.25, 0.3) is 0 Å². The average molecular weight is 439 g/mol. The zero-order valence-corrected chi connectivity index (χ0v) is 17.2. The Morgan fingerprint density at radius 1 is 1.10 bits per heavy atom. The average Bonchev–Trinajstić information content (AvgIpc) is 2.78. The number of carbonyl (C=O) groups is 1. The first-order chi connectivity index (χ1) is 14.4. The predicted octanol–water partition coefficient (Wildman–Crippen LogP) is 2.09. The van der Waals surface area contributed by atoms with Crippen molar-refractivity contribution in [2.75, 3.05) is 46.6 Å². The number of hydrogen-bond acceptors (Lipinski definition) is 7. The Balaban J connectivity index is 1.66.